The summed E-state index contributed by atoms with van der Waals surface area (Å²) in [5, 5.41) is 3.27. The lowest BCUT2D eigenvalue weighted by Crippen LogP contribution is -2.19. The zero-order valence-electron chi connectivity index (χ0n) is 7.36. The first-order chi connectivity index (χ1) is 6.20. The lowest BCUT2D eigenvalue weighted by Gasteiger charge is -2.19. The third-order valence-electron chi connectivity index (χ3n) is 2.29. The minimum absolute atomic E-state index is 0.256. The zero-order valence-corrected chi connectivity index (χ0v) is 9.51. The number of carbonyl (C=O) groups excluding carboxylic acids is 1. The monoisotopic (exact) mass is 287 g/mol. The molecule has 0 fully saturated rings. The van der Waals surface area contributed by atoms with E-state index in [0.717, 1.165) is 17.8 Å². The first-order valence-electron chi connectivity index (χ1n) is 4.26. The van der Waals surface area contributed by atoms with Crippen LogP contribution in [0.15, 0.2) is 12.1 Å². The van der Waals surface area contributed by atoms with Gasteiger partial charge in [-0.1, -0.05) is 6.07 Å². The Morgan fingerprint density at radius 3 is 3.00 bits per heavy atom. The lowest BCUT2D eigenvalue weighted by molar-refractivity contribution is 0.0983. The molecular formula is C10H10INO. The normalized spacial score (nSPS) is 15.1. The van der Waals surface area contributed by atoms with Crippen molar-refractivity contribution in [2.45, 2.75) is 13.3 Å². The van der Waals surface area contributed by atoms with Gasteiger partial charge in [-0.15, -0.1) is 0 Å². The van der Waals surface area contributed by atoms with E-state index in [2.05, 4.69) is 34.8 Å². The molecule has 13 heavy (non-hydrogen) atoms. The molecule has 3 heteroatoms. The maximum atomic E-state index is 11.5. The maximum Gasteiger partial charge on any atom is 0.166 e. The second-order valence-corrected chi connectivity index (χ2v) is 4.30. The predicted octanol–water partition coefficient (Wildman–Crippen LogP) is 2.60. The van der Waals surface area contributed by atoms with Crippen molar-refractivity contribution in [3.63, 3.8) is 0 Å². The molecule has 0 aliphatic carbocycles. The molecule has 0 atom stereocenters. The van der Waals surface area contributed by atoms with Crippen LogP contribution in [0.5, 0.6) is 0 Å². The van der Waals surface area contributed by atoms with Crippen LogP contribution < -0.4 is 5.32 Å². The van der Waals surface area contributed by atoms with Gasteiger partial charge in [0.25, 0.3) is 0 Å². The van der Waals surface area contributed by atoms with Crippen molar-refractivity contribution in [1.82, 2.24) is 0 Å². The first-order valence-corrected chi connectivity index (χ1v) is 5.34. The van der Waals surface area contributed by atoms with Gasteiger partial charge in [0.2, 0.25) is 0 Å². The van der Waals surface area contributed by atoms with E-state index < -0.39 is 0 Å². The molecule has 0 unspecified atom stereocenters. The molecule has 1 aliphatic rings. The molecule has 0 radical (unpaired) electrons. The smallest absolute Gasteiger partial charge is 0.166 e. The van der Waals surface area contributed by atoms with Gasteiger partial charge in [0, 0.05) is 22.1 Å². The van der Waals surface area contributed by atoms with E-state index in [1.54, 1.807) is 0 Å². The van der Waals surface area contributed by atoms with Gasteiger partial charge in [-0.25, -0.2) is 0 Å². The summed E-state index contributed by atoms with van der Waals surface area (Å²) in [7, 11) is 0. The van der Waals surface area contributed by atoms with Gasteiger partial charge in [-0.2, -0.15) is 0 Å². The van der Waals surface area contributed by atoms with E-state index in [-0.39, 0.29) is 5.78 Å². The van der Waals surface area contributed by atoms with Crippen LogP contribution >= 0.6 is 22.6 Å². The van der Waals surface area contributed by atoms with Gasteiger partial charge < -0.3 is 5.32 Å². The second kappa shape index (κ2) is 3.29. The topological polar surface area (TPSA) is 29.1 Å². The highest BCUT2D eigenvalue weighted by Crippen LogP contribution is 2.29. The van der Waals surface area contributed by atoms with Crippen LogP contribution in [-0.2, 0) is 0 Å². The summed E-state index contributed by atoms with van der Waals surface area (Å²) in [5.74, 6) is 0.256. The fourth-order valence-corrected chi connectivity index (χ4v) is 2.18. The molecular weight excluding hydrogens is 277 g/mol. The second-order valence-electron chi connectivity index (χ2n) is 3.22. The molecule has 1 aromatic carbocycles. The van der Waals surface area contributed by atoms with Gasteiger partial charge in [-0.3, -0.25) is 4.79 Å². The molecule has 0 bridgehead atoms. The minimum atomic E-state index is 0.256. The SMILES string of the molecule is Cc1ccc2c(c1I)NCCC2=O. The van der Waals surface area contributed by atoms with Crippen molar-refractivity contribution in [2.24, 2.45) is 0 Å². The number of carbonyl (C=O) groups is 1. The highest BCUT2D eigenvalue weighted by Gasteiger charge is 2.19. The van der Waals surface area contributed by atoms with Gasteiger partial charge in [-0.05, 0) is 41.1 Å². The molecule has 2 rings (SSSR count). The third kappa shape index (κ3) is 1.45. The largest absolute Gasteiger partial charge is 0.383 e. The quantitative estimate of drug-likeness (QED) is 0.743. The predicted molar refractivity (Wildman–Crippen MR) is 61.3 cm³/mol. The van der Waals surface area contributed by atoms with E-state index >= 15 is 0 Å². The highest BCUT2D eigenvalue weighted by atomic mass is 127. The zero-order chi connectivity index (χ0) is 9.42. The van der Waals surface area contributed by atoms with Crippen molar-refractivity contribution < 1.29 is 4.79 Å². The fourth-order valence-electron chi connectivity index (χ4n) is 1.52. The summed E-state index contributed by atoms with van der Waals surface area (Å²) in [6.45, 7) is 2.83. The van der Waals surface area contributed by atoms with Crippen molar-refractivity contribution in [3.05, 3.63) is 26.8 Å². The molecule has 1 aromatic rings. The van der Waals surface area contributed by atoms with Crippen LogP contribution in [0.4, 0.5) is 5.69 Å². The van der Waals surface area contributed by atoms with Crippen LogP contribution in [0.3, 0.4) is 0 Å². The number of rotatable bonds is 0. The number of anilines is 1. The molecule has 0 amide bonds. The van der Waals surface area contributed by atoms with Crippen LogP contribution in [0.25, 0.3) is 0 Å². The number of benzene rings is 1. The molecule has 1 aliphatic heterocycles. The molecule has 0 saturated heterocycles. The Labute approximate surface area is 90.9 Å². The number of ketones is 1. The Balaban J connectivity index is 2.63. The van der Waals surface area contributed by atoms with E-state index in [4.69, 9.17) is 0 Å². The number of halogens is 1. The molecule has 68 valence electrons. The van der Waals surface area contributed by atoms with Gasteiger partial charge in [0.05, 0.1) is 5.69 Å². The van der Waals surface area contributed by atoms with E-state index in [1.165, 1.54) is 9.13 Å². The van der Waals surface area contributed by atoms with E-state index in [0.29, 0.717) is 6.42 Å². The number of hydrogen-bond acceptors (Lipinski definition) is 2. The summed E-state index contributed by atoms with van der Waals surface area (Å²) < 4.78 is 1.17. The average Bonchev–Trinajstić information content (AvgIpc) is 2.12. The Morgan fingerprint density at radius 2 is 2.23 bits per heavy atom. The number of nitrogens with one attached hydrogen (secondary N) is 1. The summed E-state index contributed by atoms with van der Waals surface area (Å²) in [5.41, 5.74) is 3.10. The van der Waals surface area contributed by atoms with Crippen molar-refractivity contribution in [1.29, 1.82) is 0 Å². The Morgan fingerprint density at radius 1 is 1.46 bits per heavy atom. The third-order valence-corrected chi connectivity index (χ3v) is 3.68. The van der Waals surface area contributed by atoms with Gasteiger partial charge in [0.1, 0.15) is 0 Å². The molecule has 1 heterocycles. The number of fused-ring (bicyclic) bond motifs is 1. The average molecular weight is 287 g/mol. The maximum absolute atomic E-state index is 11.5. The van der Waals surface area contributed by atoms with Gasteiger partial charge in [0.15, 0.2) is 5.78 Å². The number of aryl methyl sites for hydroxylation is 1. The molecule has 0 saturated carbocycles. The molecule has 0 aromatic heterocycles. The van der Waals surface area contributed by atoms with Gasteiger partial charge >= 0.3 is 0 Å². The van der Waals surface area contributed by atoms with Crippen molar-refractivity contribution >= 4 is 34.1 Å². The van der Waals surface area contributed by atoms with Crippen LogP contribution in [0.1, 0.15) is 22.3 Å². The Kier molecular flexibility index (Phi) is 2.27. The van der Waals surface area contributed by atoms with Crippen LogP contribution in [-0.4, -0.2) is 12.3 Å². The molecule has 2 nitrogen and oxygen atoms in total. The Hall–Kier alpha value is -0.580. The Bertz CT molecular complexity index is 373. The molecule has 0 spiro atoms. The molecule has 1 N–H and O–H groups in total. The number of hydrogen-bond donors (Lipinski definition) is 1. The first kappa shape index (κ1) is 8.99. The lowest BCUT2D eigenvalue weighted by atomic mass is 10.0. The number of Topliss-reactive ketones (excluding diaryl/α,β-unsaturated/α-hetero) is 1. The summed E-state index contributed by atoms with van der Waals surface area (Å²) in [4.78, 5) is 11.5. The summed E-state index contributed by atoms with van der Waals surface area (Å²) >= 11 is 2.28. The van der Waals surface area contributed by atoms with Crippen LogP contribution in [0.2, 0.25) is 0 Å². The summed E-state index contributed by atoms with van der Waals surface area (Å²) in [6, 6.07) is 3.92. The minimum Gasteiger partial charge on any atom is -0.383 e. The fraction of sp³-hybridized carbons (Fsp3) is 0.300. The van der Waals surface area contributed by atoms with Crippen molar-refractivity contribution in [3.8, 4) is 0 Å². The van der Waals surface area contributed by atoms with Crippen LogP contribution in [0, 0.1) is 10.5 Å². The highest BCUT2D eigenvalue weighted by molar-refractivity contribution is 14.1. The van der Waals surface area contributed by atoms with E-state index in [1.807, 2.05) is 12.1 Å². The van der Waals surface area contributed by atoms with Crippen molar-refractivity contribution in [2.75, 3.05) is 11.9 Å². The standard InChI is InChI=1S/C10H10INO/c1-6-2-3-7-8(13)4-5-12-10(7)9(6)11/h2-3,12H,4-5H2,1H3. The summed E-state index contributed by atoms with van der Waals surface area (Å²) in [6.07, 6.45) is 0.617. The van der Waals surface area contributed by atoms with E-state index in [9.17, 15) is 4.79 Å².